The number of aromatic nitrogens is 1. The molecule has 2 heterocycles. The van der Waals surface area contributed by atoms with Crippen LogP contribution in [0.25, 0.3) is 0 Å². The quantitative estimate of drug-likeness (QED) is 0.281. The minimum Gasteiger partial charge on any atom is -0.480 e. The monoisotopic (exact) mass is 542 g/mol. The fraction of sp³-hybridized carbons (Fsp3) is 0.552. The topological polar surface area (TPSA) is 104 Å². The van der Waals surface area contributed by atoms with E-state index < -0.39 is 18.1 Å². The van der Waals surface area contributed by atoms with Gasteiger partial charge in [-0.2, -0.15) is 0 Å². The van der Waals surface area contributed by atoms with E-state index >= 15 is 0 Å². The SMILES string of the molecule is CCc1cc(Cl)ccc1COC(=O)NC(CCN(CCCCc1ccc2c(n1)NCCC2)C1CC1)C(=O)O. The van der Waals surface area contributed by atoms with Gasteiger partial charge in [0.05, 0.1) is 0 Å². The van der Waals surface area contributed by atoms with Crippen LogP contribution in [0.3, 0.4) is 0 Å². The molecule has 206 valence electrons. The second-order valence-corrected chi connectivity index (χ2v) is 10.7. The highest BCUT2D eigenvalue weighted by atomic mass is 35.5. The highest BCUT2D eigenvalue weighted by molar-refractivity contribution is 6.30. The first-order valence-corrected chi connectivity index (χ1v) is 14.2. The molecule has 38 heavy (non-hydrogen) atoms. The Kier molecular flexibility index (Phi) is 10.2. The van der Waals surface area contributed by atoms with E-state index in [2.05, 4.69) is 27.7 Å². The summed E-state index contributed by atoms with van der Waals surface area (Å²) in [7, 11) is 0. The molecule has 1 aliphatic heterocycles. The molecule has 9 heteroatoms. The molecule has 1 aromatic heterocycles. The van der Waals surface area contributed by atoms with Crippen LogP contribution in [0.15, 0.2) is 30.3 Å². The van der Waals surface area contributed by atoms with E-state index in [4.69, 9.17) is 21.3 Å². The Hall–Kier alpha value is -2.84. The molecule has 2 aliphatic rings. The van der Waals surface area contributed by atoms with E-state index in [-0.39, 0.29) is 6.61 Å². The summed E-state index contributed by atoms with van der Waals surface area (Å²) in [5.41, 5.74) is 4.29. The van der Waals surface area contributed by atoms with Crippen LogP contribution >= 0.6 is 11.6 Å². The first-order chi connectivity index (χ1) is 18.4. The predicted molar refractivity (Wildman–Crippen MR) is 149 cm³/mol. The van der Waals surface area contributed by atoms with Gasteiger partial charge in [-0.25, -0.2) is 14.6 Å². The lowest BCUT2D eigenvalue weighted by molar-refractivity contribution is -0.139. The number of carboxylic acids is 1. The lowest BCUT2D eigenvalue weighted by atomic mass is 10.1. The molecule has 8 nitrogen and oxygen atoms in total. The second-order valence-electron chi connectivity index (χ2n) is 10.2. The maximum Gasteiger partial charge on any atom is 0.408 e. The minimum absolute atomic E-state index is 0.0713. The zero-order valence-electron chi connectivity index (χ0n) is 22.2. The molecule has 0 saturated heterocycles. The second kappa shape index (κ2) is 13.8. The van der Waals surface area contributed by atoms with Gasteiger partial charge in [0, 0.05) is 29.8 Å². The van der Waals surface area contributed by atoms with Gasteiger partial charge in [0.1, 0.15) is 18.5 Å². The number of anilines is 1. The van der Waals surface area contributed by atoms with Crippen molar-refractivity contribution in [2.24, 2.45) is 0 Å². The molecule has 0 bridgehead atoms. The number of rotatable bonds is 14. The number of benzene rings is 1. The molecule has 1 amide bonds. The van der Waals surface area contributed by atoms with E-state index in [1.807, 2.05) is 19.1 Å². The number of halogens is 1. The van der Waals surface area contributed by atoms with Crippen LogP contribution in [-0.4, -0.2) is 58.8 Å². The van der Waals surface area contributed by atoms with Crippen molar-refractivity contribution >= 4 is 29.5 Å². The normalized spacial score (nSPS) is 15.4. The number of aliphatic carboxylic acids is 1. The summed E-state index contributed by atoms with van der Waals surface area (Å²) in [6, 6.07) is 9.29. The van der Waals surface area contributed by atoms with Crippen LogP contribution in [0.5, 0.6) is 0 Å². The third-order valence-corrected chi connectivity index (χ3v) is 7.58. The van der Waals surface area contributed by atoms with Crippen molar-refractivity contribution in [2.75, 3.05) is 25.0 Å². The molecule has 0 spiro atoms. The Morgan fingerprint density at radius 3 is 2.82 bits per heavy atom. The van der Waals surface area contributed by atoms with Crippen LogP contribution in [0.4, 0.5) is 10.6 Å². The van der Waals surface area contributed by atoms with Crippen LogP contribution in [0.1, 0.15) is 67.8 Å². The molecule has 1 fully saturated rings. The standard InChI is InChI=1S/C29H39ClN4O4/c1-2-20-18-23(30)10-8-22(20)19-38-29(37)33-26(28(35)36)14-17-34(25-12-13-25)16-4-3-7-24-11-9-21-6-5-15-31-27(21)32-24/h8-11,18,25-26H,2-7,12-17,19H2,1H3,(H,31,32)(H,33,37)(H,35,36). The van der Waals surface area contributed by atoms with E-state index in [1.54, 1.807) is 6.07 Å². The van der Waals surface area contributed by atoms with Crippen LogP contribution in [-0.2, 0) is 35.4 Å². The zero-order chi connectivity index (χ0) is 26.9. The van der Waals surface area contributed by atoms with Gasteiger partial charge in [-0.15, -0.1) is 0 Å². The van der Waals surface area contributed by atoms with Gasteiger partial charge in [0.2, 0.25) is 0 Å². The predicted octanol–water partition coefficient (Wildman–Crippen LogP) is 5.21. The lowest BCUT2D eigenvalue weighted by Crippen LogP contribution is -2.43. The van der Waals surface area contributed by atoms with Gasteiger partial charge in [-0.1, -0.05) is 30.7 Å². The minimum atomic E-state index is -1.05. The number of alkyl carbamates (subject to hydrolysis) is 1. The number of nitrogens with one attached hydrogen (secondary N) is 2. The first kappa shape index (κ1) is 28.2. The van der Waals surface area contributed by atoms with Crippen molar-refractivity contribution in [2.45, 2.75) is 83.4 Å². The number of hydrogen-bond acceptors (Lipinski definition) is 6. The number of unbranched alkanes of at least 4 members (excludes halogenated alkanes) is 1. The molecule has 0 radical (unpaired) electrons. The molecule has 1 unspecified atom stereocenters. The highest BCUT2D eigenvalue weighted by Crippen LogP contribution is 2.28. The smallest absolute Gasteiger partial charge is 0.408 e. The summed E-state index contributed by atoms with van der Waals surface area (Å²) in [4.78, 5) is 31.4. The number of hydrogen-bond donors (Lipinski definition) is 3. The van der Waals surface area contributed by atoms with Crippen LogP contribution < -0.4 is 10.6 Å². The third kappa shape index (κ3) is 8.33. The molecule has 1 saturated carbocycles. The van der Waals surface area contributed by atoms with Gasteiger partial charge in [0.25, 0.3) is 0 Å². The van der Waals surface area contributed by atoms with E-state index in [9.17, 15) is 14.7 Å². The van der Waals surface area contributed by atoms with Crippen molar-refractivity contribution < 1.29 is 19.4 Å². The van der Waals surface area contributed by atoms with Crippen molar-refractivity contribution in [1.82, 2.24) is 15.2 Å². The Morgan fingerprint density at radius 2 is 2.05 bits per heavy atom. The van der Waals surface area contributed by atoms with Crippen LogP contribution in [0.2, 0.25) is 5.02 Å². The zero-order valence-corrected chi connectivity index (χ0v) is 22.9. The fourth-order valence-electron chi connectivity index (χ4n) is 4.99. The Labute approximate surface area is 230 Å². The highest BCUT2D eigenvalue weighted by Gasteiger charge is 2.30. The number of pyridine rings is 1. The molecular formula is C29H39ClN4O4. The number of carboxylic acid groups (broad SMARTS) is 1. The van der Waals surface area contributed by atoms with E-state index in [0.717, 1.165) is 87.1 Å². The molecule has 4 rings (SSSR count). The Morgan fingerprint density at radius 1 is 1.21 bits per heavy atom. The average molecular weight is 543 g/mol. The number of fused-ring (bicyclic) bond motifs is 1. The molecule has 1 atom stereocenters. The van der Waals surface area contributed by atoms with Crippen molar-refractivity contribution in [3.63, 3.8) is 0 Å². The number of nitrogens with zero attached hydrogens (tertiary/aromatic N) is 2. The van der Waals surface area contributed by atoms with Crippen LogP contribution in [0, 0.1) is 0 Å². The molecule has 3 N–H and O–H groups in total. The number of amides is 1. The van der Waals surface area contributed by atoms with Gasteiger partial charge in [-0.3, -0.25) is 0 Å². The Bertz CT molecular complexity index is 1110. The summed E-state index contributed by atoms with van der Waals surface area (Å²) in [6.07, 6.45) is 7.91. The summed E-state index contributed by atoms with van der Waals surface area (Å²) in [5, 5.41) is 16.3. The summed E-state index contributed by atoms with van der Waals surface area (Å²) >= 11 is 6.05. The average Bonchev–Trinajstić information content (AvgIpc) is 3.76. The number of ether oxygens (including phenoxy) is 1. The van der Waals surface area contributed by atoms with Gasteiger partial charge in [0.15, 0.2) is 0 Å². The molecule has 1 aliphatic carbocycles. The number of carbonyl (C=O) groups is 2. The Balaban J connectivity index is 1.20. The van der Waals surface area contributed by atoms with E-state index in [1.165, 1.54) is 5.56 Å². The van der Waals surface area contributed by atoms with Crippen molar-refractivity contribution in [1.29, 1.82) is 0 Å². The number of carbonyl (C=O) groups excluding carboxylic acids is 1. The van der Waals surface area contributed by atoms with Crippen molar-refractivity contribution in [3.8, 4) is 0 Å². The largest absolute Gasteiger partial charge is 0.480 e. The lowest BCUT2D eigenvalue weighted by Gasteiger charge is -2.24. The van der Waals surface area contributed by atoms with E-state index in [0.29, 0.717) is 24.0 Å². The molecule has 1 aromatic carbocycles. The maximum atomic E-state index is 12.4. The summed E-state index contributed by atoms with van der Waals surface area (Å²) in [5.74, 6) is -0.0106. The maximum absolute atomic E-state index is 12.4. The van der Waals surface area contributed by atoms with Crippen molar-refractivity contribution in [3.05, 3.63) is 57.7 Å². The molecule has 2 aromatic rings. The third-order valence-electron chi connectivity index (χ3n) is 7.35. The summed E-state index contributed by atoms with van der Waals surface area (Å²) < 4.78 is 5.33. The van der Waals surface area contributed by atoms with Gasteiger partial charge in [-0.05, 0) is 99.2 Å². The molecular weight excluding hydrogens is 504 g/mol. The van der Waals surface area contributed by atoms with Gasteiger partial charge >= 0.3 is 12.1 Å². The van der Waals surface area contributed by atoms with Gasteiger partial charge < -0.3 is 25.4 Å². The fourth-order valence-corrected chi connectivity index (χ4v) is 5.18. The first-order valence-electron chi connectivity index (χ1n) is 13.8. The summed E-state index contributed by atoms with van der Waals surface area (Å²) in [6.45, 7) is 4.61. The number of aryl methyl sites for hydroxylation is 3.